The number of azo groups is 1. The molecule has 3 aromatic rings. The topological polar surface area (TPSA) is 102 Å². The highest BCUT2D eigenvalue weighted by Gasteiger charge is 2.09. The first kappa shape index (κ1) is 19.7. The van der Waals surface area contributed by atoms with Crippen molar-refractivity contribution in [2.45, 2.75) is 6.54 Å². The molecular weight excluding hydrogens is 372 g/mol. The van der Waals surface area contributed by atoms with Gasteiger partial charge in [0.1, 0.15) is 6.54 Å². The fourth-order valence-corrected chi connectivity index (χ4v) is 2.34. The van der Waals surface area contributed by atoms with Gasteiger partial charge in [0.2, 0.25) is 0 Å². The highest BCUT2D eigenvalue weighted by atomic mass is 16.5. The number of ether oxygens (including phenoxy) is 1. The van der Waals surface area contributed by atoms with Gasteiger partial charge in [0.25, 0.3) is 11.5 Å². The summed E-state index contributed by atoms with van der Waals surface area (Å²) in [5.41, 5.74) is 1.58. The quantitative estimate of drug-likeness (QED) is 0.493. The molecule has 2 aromatic carbocycles. The van der Waals surface area contributed by atoms with Crippen molar-refractivity contribution in [2.75, 3.05) is 11.9 Å². The fraction of sp³-hybridized carbons (Fsp3) is 0.0952. The van der Waals surface area contributed by atoms with E-state index >= 15 is 0 Å². The lowest BCUT2D eigenvalue weighted by Gasteiger charge is -2.08. The van der Waals surface area contributed by atoms with Crippen LogP contribution in [0.2, 0.25) is 0 Å². The van der Waals surface area contributed by atoms with E-state index in [9.17, 15) is 14.4 Å². The number of rotatable bonds is 7. The number of pyridine rings is 1. The average Bonchev–Trinajstić information content (AvgIpc) is 2.74. The summed E-state index contributed by atoms with van der Waals surface area (Å²) < 4.78 is 6.10. The van der Waals surface area contributed by atoms with E-state index in [0.717, 1.165) is 5.69 Å². The Balaban J connectivity index is 1.46. The van der Waals surface area contributed by atoms with E-state index in [-0.39, 0.29) is 12.1 Å². The SMILES string of the molecule is O=C(COC(=O)Cn1ccccc1=O)Nc1ccc(N=Nc2ccccc2)cc1. The zero-order valence-corrected chi connectivity index (χ0v) is 15.4. The predicted octanol–water partition coefficient (Wildman–Crippen LogP) is 3.45. The van der Waals surface area contributed by atoms with Crippen molar-refractivity contribution in [3.63, 3.8) is 0 Å². The van der Waals surface area contributed by atoms with Crippen LogP contribution in [0.5, 0.6) is 0 Å². The molecule has 0 unspecified atom stereocenters. The highest BCUT2D eigenvalue weighted by molar-refractivity contribution is 5.92. The van der Waals surface area contributed by atoms with Gasteiger partial charge in [0, 0.05) is 18.0 Å². The first-order chi connectivity index (χ1) is 14.1. The van der Waals surface area contributed by atoms with E-state index in [1.165, 1.54) is 16.8 Å². The van der Waals surface area contributed by atoms with Gasteiger partial charge in [-0.05, 0) is 42.5 Å². The van der Waals surface area contributed by atoms with Crippen LogP contribution < -0.4 is 10.9 Å². The normalized spacial score (nSPS) is 10.6. The van der Waals surface area contributed by atoms with Crippen LogP contribution in [-0.2, 0) is 20.9 Å². The first-order valence-electron chi connectivity index (χ1n) is 8.78. The number of anilines is 1. The molecule has 1 heterocycles. The van der Waals surface area contributed by atoms with Crippen LogP contribution in [0.4, 0.5) is 17.1 Å². The molecule has 8 heteroatoms. The maximum atomic E-state index is 11.9. The molecule has 0 fully saturated rings. The second-order valence-corrected chi connectivity index (χ2v) is 5.96. The van der Waals surface area contributed by atoms with Gasteiger partial charge in [-0.25, -0.2) is 0 Å². The molecule has 0 spiro atoms. The third kappa shape index (κ3) is 6.24. The van der Waals surface area contributed by atoms with E-state index < -0.39 is 18.5 Å². The van der Waals surface area contributed by atoms with Crippen LogP contribution in [0.1, 0.15) is 0 Å². The van der Waals surface area contributed by atoms with E-state index in [4.69, 9.17) is 4.74 Å². The molecule has 29 heavy (non-hydrogen) atoms. The molecular formula is C21H18N4O4. The van der Waals surface area contributed by atoms with Crippen molar-refractivity contribution >= 4 is 28.9 Å². The van der Waals surface area contributed by atoms with Crippen LogP contribution in [0.15, 0.2) is 94.0 Å². The number of carbonyl (C=O) groups excluding carboxylic acids is 2. The minimum Gasteiger partial charge on any atom is -0.454 e. The smallest absolute Gasteiger partial charge is 0.326 e. The summed E-state index contributed by atoms with van der Waals surface area (Å²) in [5, 5.41) is 10.8. The Hall–Kier alpha value is -4.07. The highest BCUT2D eigenvalue weighted by Crippen LogP contribution is 2.19. The van der Waals surface area contributed by atoms with Crippen LogP contribution >= 0.6 is 0 Å². The molecule has 0 aliphatic heterocycles. The Morgan fingerprint density at radius 3 is 2.21 bits per heavy atom. The number of esters is 1. The van der Waals surface area contributed by atoms with Gasteiger partial charge in [-0.1, -0.05) is 24.3 Å². The van der Waals surface area contributed by atoms with Crippen molar-refractivity contribution < 1.29 is 14.3 Å². The largest absolute Gasteiger partial charge is 0.454 e. The summed E-state index contributed by atoms with van der Waals surface area (Å²) in [4.78, 5) is 35.3. The summed E-state index contributed by atoms with van der Waals surface area (Å²) in [6, 6.07) is 20.6. The minimum absolute atomic E-state index is 0.256. The van der Waals surface area contributed by atoms with Gasteiger partial charge >= 0.3 is 5.97 Å². The van der Waals surface area contributed by atoms with Gasteiger partial charge in [-0.2, -0.15) is 10.2 Å². The minimum atomic E-state index is -0.676. The maximum Gasteiger partial charge on any atom is 0.326 e. The standard InChI is InChI=1S/C21H18N4O4/c26-19(15-29-21(28)14-25-13-5-4-8-20(25)27)22-16-9-11-18(12-10-16)24-23-17-6-2-1-3-7-17/h1-13H,14-15H2,(H,22,26). The Kier molecular flexibility index (Phi) is 6.62. The summed E-state index contributed by atoms with van der Waals surface area (Å²) in [6.45, 7) is -0.704. The number of aromatic nitrogens is 1. The molecule has 1 aromatic heterocycles. The Morgan fingerprint density at radius 1 is 0.862 bits per heavy atom. The third-order valence-corrected chi connectivity index (χ3v) is 3.75. The zero-order chi connectivity index (χ0) is 20.5. The molecule has 0 saturated carbocycles. The molecule has 1 amide bonds. The Bertz CT molecular complexity index is 1060. The number of nitrogens with zero attached hydrogens (tertiary/aromatic N) is 3. The zero-order valence-electron chi connectivity index (χ0n) is 15.4. The van der Waals surface area contributed by atoms with Crippen molar-refractivity contribution in [3.05, 3.63) is 89.3 Å². The summed E-state index contributed by atoms with van der Waals surface area (Å²) >= 11 is 0. The number of hydrogen-bond acceptors (Lipinski definition) is 6. The Labute approximate surface area is 166 Å². The first-order valence-corrected chi connectivity index (χ1v) is 8.78. The molecule has 0 saturated heterocycles. The van der Waals surface area contributed by atoms with Gasteiger partial charge in [-0.3, -0.25) is 14.4 Å². The van der Waals surface area contributed by atoms with Crippen LogP contribution in [0.3, 0.4) is 0 Å². The average molecular weight is 390 g/mol. The van der Waals surface area contributed by atoms with Crippen LogP contribution in [0, 0.1) is 0 Å². The molecule has 0 aliphatic carbocycles. The van der Waals surface area contributed by atoms with Crippen molar-refractivity contribution in [1.82, 2.24) is 4.57 Å². The molecule has 146 valence electrons. The van der Waals surface area contributed by atoms with Crippen LogP contribution in [-0.4, -0.2) is 23.1 Å². The Morgan fingerprint density at radius 2 is 1.52 bits per heavy atom. The van der Waals surface area contributed by atoms with Gasteiger partial charge in [0.05, 0.1) is 11.4 Å². The van der Waals surface area contributed by atoms with Gasteiger partial charge in [-0.15, -0.1) is 0 Å². The van der Waals surface area contributed by atoms with Crippen molar-refractivity contribution in [1.29, 1.82) is 0 Å². The molecule has 3 rings (SSSR count). The monoisotopic (exact) mass is 390 g/mol. The second kappa shape index (κ2) is 9.75. The van der Waals surface area contributed by atoms with Crippen molar-refractivity contribution in [3.8, 4) is 0 Å². The summed E-state index contributed by atoms with van der Waals surface area (Å²) in [5.74, 6) is -1.16. The number of benzene rings is 2. The van der Waals surface area contributed by atoms with Crippen LogP contribution in [0.25, 0.3) is 0 Å². The third-order valence-electron chi connectivity index (χ3n) is 3.75. The second-order valence-electron chi connectivity index (χ2n) is 5.96. The van der Waals surface area contributed by atoms with E-state index in [0.29, 0.717) is 11.4 Å². The molecule has 8 nitrogen and oxygen atoms in total. The number of amides is 1. The predicted molar refractivity (Wildman–Crippen MR) is 107 cm³/mol. The van der Waals surface area contributed by atoms with E-state index in [1.54, 1.807) is 36.4 Å². The molecule has 0 radical (unpaired) electrons. The number of hydrogen-bond donors (Lipinski definition) is 1. The molecule has 1 N–H and O–H groups in total. The number of nitrogens with one attached hydrogen (secondary N) is 1. The fourth-order valence-electron chi connectivity index (χ4n) is 2.34. The molecule has 0 atom stereocenters. The molecule has 0 bridgehead atoms. The summed E-state index contributed by atoms with van der Waals surface area (Å²) in [7, 11) is 0. The molecule has 0 aliphatic rings. The maximum absolute atomic E-state index is 11.9. The van der Waals surface area contributed by atoms with E-state index in [1.807, 2.05) is 30.3 Å². The lowest BCUT2D eigenvalue weighted by atomic mass is 10.3. The van der Waals surface area contributed by atoms with E-state index in [2.05, 4.69) is 15.5 Å². The lowest BCUT2D eigenvalue weighted by Crippen LogP contribution is -2.26. The summed E-state index contributed by atoms with van der Waals surface area (Å²) in [6.07, 6.45) is 1.47. The number of carbonyl (C=O) groups is 2. The van der Waals surface area contributed by atoms with Gasteiger partial charge in [0.15, 0.2) is 6.61 Å². The van der Waals surface area contributed by atoms with Gasteiger partial charge < -0.3 is 14.6 Å². The lowest BCUT2D eigenvalue weighted by molar-refractivity contribution is -0.147. The van der Waals surface area contributed by atoms with Crippen molar-refractivity contribution in [2.24, 2.45) is 10.2 Å².